The highest BCUT2D eigenvalue weighted by Gasteiger charge is 2.38. The number of hydrogen-bond acceptors (Lipinski definition) is 2. The van der Waals surface area contributed by atoms with Gasteiger partial charge in [-0.15, -0.1) is 0 Å². The Morgan fingerprint density at radius 3 is 2.20 bits per heavy atom. The van der Waals surface area contributed by atoms with Gasteiger partial charge in [0.15, 0.2) is 0 Å². The average Bonchev–Trinajstić information content (AvgIpc) is 2.65. The molecule has 15 heavy (non-hydrogen) atoms. The number of rotatable bonds is 2. The van der Waals surface area contributed by atoms with E-state index in [-0.39, 0.29) is 0 Å². The summed E-state index contributed by atoms with van der Waals surface area (Å²) in [5.41, 5.74) is -0.602. The van der Waals surface area contributed by atoms with Crippen LogP contribution in [0.3, 0.4) is 0 Å². The highest BCUT2D eigenvalue weighted by Crippen LogP contribution is 2.25. The molecule has 0 saturated carbocycles. The first-order valence-electron chi connectivity index (χ1n) is 5.45. The maximum Gasteiger partial charge on any atom is 0.259 e. The fourth-order valence-corrected chi connectivity index (χ4v) is 1.69. The molecule has 88 valence electrons. The zero-order valence-electron chi connectivity index (χ0n) is 9.66. The maximum atomic E-state index is 13.7. The minimum absolute atomic E-state index is 0.560. The molecule has 0 bridgehead atoms. The first kappa shape index (κ1) is 12.4. The summed E-state index contributed by atoms with van der Waals surface area (Å²) in [4.78, 5) is 13.1. The molecule has 1 saturated heterocycles. The van der Waals surface area contributed by atoms with Crippen LogP contribution in [0.1, 0.15) is 33.6 Å². The number of carbonyl (C=O) groups is 1. The summed E-state index contributed by atoms with van der Waals surface area (Å²) < 4.78 is 13.7. The average molecular weight is 217 g/mol. The Morgan fingerprint density at radius 2 is 1.80 bits per heavy atom. The third-order valence-corrected chi connectivity index (χ3v) is 2.82. The summed E-state index contributed by atoms with van der Waals surface area (Å²) in [6.07, 6.45) is -1.15. The zero-order valence-corrected chi connectivity index (χ0v) is 9.66. The van der Waals surface area contributed by atoms with E-state index in [9.17, 15) is 14.3 Å². The predicted molar refractivity (Wildman–Crippen MR) is 56.2 cm³/mol. The van der Waals surface area contributed by atoms with Crippen LogP contribution in [0, 0.1) is 5.41 Å². The van der Waals surface area contributed by atoms with Gasteiger partial charge in [-0.3, -0.25) is 4.79 Å². The van der Waals surface area contributed by atoms with E-state index in [0.29, 0.717) is 13.1 Å². The molecule has 0 aromatic rings. The normalized spacial score (nSPS) is 21.5. The molecule has 1 aliphatic heterocycles. The second-order valence-electron chi connectivity index (χ2n) is 5.25. The standard InChI is InChI=1S/C11H20FNO2/c1-11(2,3)9(14)8(12)10(15)13-6-4-5-7-13/h8-9,14H,4-7H2,1-3H3/t8-,9-/m1/s1. The van der Waals surface area contributed by atoms with Crippen LogP contribution < -0.4 is 0 Å². The van der Waals surface area contributed by atoms with E-state index in [1.807, 2.05) is 0 Å². The second-order valence-corrected chi connectivity index (χ2v) is 5.25. The molecule has 0 spiro atoms. The fraction of sp³-hybridized carbons (Fsp3) is 0.909. The number of amides is 1. The Bertz CT molecular complexity index is 231. The SMILES string of the molecule is CC(C)(C)[C@H](O)[C@@H](F)C(=O)N1CCCC1. The number of nitrogens with zero attached hydrogens (tertiary/aromatic N) is 1. The van der Waals surface area contributed by atoms with Gasteiger partial charge in [-0.05, 0) is 18.3 Å². The third-order valence-electron chi connectivity index (χ3n) is 2.82. The highest BCUT2D eigenvalue weighted by molar-refractivity contribution is 5.81. The van der Waals surface area contributed by atoms with Crippen LogP contribution >= 0.6 is 0 Å². The van der Waals surface area contributed by atoms with E-state index in [2.05, 4.69) is 0 Å². The van der Waals surface area contributed by atoms with Crippen LogP contribution in [0.5, 0.6) is 0 Å². The summed E-state index contributed by atoms with van der Waals surface area (Å²) >= 11 is 0. The van der Waals surface area contributed by atoms with Gasteiger partial charge in [-0.1, -0.05) is 20.8 Å². The molecule has 1 aliphatic rings. The van der Waals surface area contributed by atoms with Gasteiger partial charge in [-0.25, -0.2) is 4.39 Å². The van der Waals surface area contributed by atoms with E-state index in [1.165, 1.54) is 4.90 Å². The number of aliphatic hydroxyl groups is 1. The van der Waals surface area contributed by atoms with Crippen molar-refractivity contribution in [2.75, 3.05) is 13.1 Å². The molecule has 1 amide bonds. The molecule has 1 fully saturated rings. The van der Waals surface area contributed by atoms with Gasteiger partial charge in [-0.2, -0.15) is 0 Å². The van der Waals surface area contributed by atoms with E-state index < -0.39 is 23.6 Å². The Hall–Kier alpha value is -0.640. The molecular weight excluding hydrogens is 197 g/mol. The molecule has 0 aliphatic carbocycles. The monoisotopic (exact) mass is 217 g/mol. The molecule has 1 heterocycles. The van der Waals surface area contributed by atoms with Crippen LogP contribution in [0.2, 0.25) is 0 Å². The summed E-state index contributed by atoms with van der Waals surface area (Å²) in [6, 6.07) is 0. The van der Waals surface area contributed by atoms with Gasteiger partial charge in [0, 0.05) is 13.1 Å². The molecule has 0 aromatic heterocycles. The lowest BCUT2D eigenvalue weighted by atomic mass is 9.86. The molecule has 2 atom stereocenters. The van der Waals surface area contributed by atoms with Crippen molar-refractivity contribution < 1.29 is 14.3 Å². The summed E-state index contributed by atoms with van der Waals surface area (Å²) in [5.74, 6) is -0.560. The van der Waals surface area contributed by atoms with Crippen molar-refractivity contribution in [3.05, 3.63) is 0 Å². The third kappa shape index (κ3) is 2.91. The minimum atomic E-state index is -1.79. The highest BCUT2D eigenvalue weighted by atomic mass is 19.1. The van der Waals surface area contributed by atoms with Gasteiger partial charge in [0.25, 0.3) is 5.91 Å². The zero-order chi connectivity index (χ0) is 11.6. The topological polar surface area (TPSA) is 40.5 Å². The van der Waals surface area contributed by atoms with Crippen molar-refractivity contribution in [1.29, 1.82) is 0 Å². The first-order valence-corrected chi connectivity index (χ1v) is 5.45. The number of halogens is 1. The molecule has 1 N–H and O–H groups in total. The van der Waals surface area contributed by atoms with E-state index in [0.717, 1.165) is 12.8 Å². The van der Waals surface area contributed by atoms with Crippen molar-refractivity contribution >= 4 is 5.91 Å². The van der Waals surface area contributed by atoms with Gasteiger partial charge in [0.05, 0.1) is 6.10 Å². The molecule has 0 radical (unpaired) electrons. The maximum absolute atomic E-state index is 13.7. The van der Waals surface area contributed by atoms with Crippen LogP contribution in [0.25, 0.3) is 0 Å². The second kappa shape index (κ2) is 4.47. The van der Waals surface area contributed by atoms with E-state index in [1.54, 1.807) is 20.8 Å². The molecule has 4 heteroatoms. The van der Waals surface area contributed by atoms with Crippen molar-refractivity contribution in [2.45, 2.75) is 45.9 Å². The van der Waals surface area contributed by atoms with Gasteiger partial charge in [0.2, 0.25) is 6.17 Å². The van der Waals surface area contributed by atoms with Crippen LogP contribution in [0.4, 0.5) is 4.39 Å². The van der Waals surface area contributed by atoms with E-state index >= 15 is 0 Å². The van der Waals surface area contributed by atoms with E-state index in [4.69, 9.17) is 0 Å². The Kier molecular flexibility index (Phi) is 3.71. The van der Waals surface area contributed by atoms with Crippen LogP contribution in [-0.4, -0.2) is 41.3 Å². The Morgan fingerprint density at radius 1 is 1.33 bits per heavy atom. The molecule has 0 unspecified atom stereocenters. The lowest BCUT2D eigenvalue weighted by Crippen LogP contribution is -2.46. The molecule has 1 rings (SSSR count). The lowest BCUT2D eigenvalue weighted by Gasteiger charge is -2.29. The van der Waals surface area contributed by atoms with Gasteiger partial charge in [0.1, 0.15) is 0 Å². The van der Waals surface area contributed by atoms with Gasteiger partial charge >= 0.3 is 0 Å². The Balaban J connectivity index is 2.59. The molecular formula is C11H20FNO2. The Labute approximate surface area is 90.3 Å². The van der Waals surface area contributed by atoms with Crippen molar-refractivity contribution in [2.24, 2.45) is 5.41 Å². The number of hydrogen-bond donors (Lipinski definition) is 1. The number of alkyl halides is 1. The molecule has 0 aromatic carbocycles. The van der Waals surface area contributed by atoms with Crippen molar-refractivity contribution in [3.8, 4) is 0 Å². The quantitative estimate of drug-likeness (QED) is 0.758. The summed E-state index contributed by atoms with van der Waals surface area (Å²) in [5, 5.41) is 9.66. The smallest absolute Gasteiger partial charge is 0.259 e. The van der Waals surface area contributed by atoms with Crippen molar-refractivity contribution in [1.82, 2.24) is 4.90 Å². The summed E-state index contributed by atoms with van der Waals surface area (Å²) in [7, 11) is 0. The number of carbonyl (C=O) groups excluding carboxylic acids is 1. The first-order chi connectivity index (χ1) is 6.84. The number of aliphatic hydroxyl groups excluding tert-OH is 1. The number of likely N-dealkylation sites (tertiary alicyclic amines) is 1. The van der Waals surface area contributed by atoms with Gasteiger partial charge < -0.3 is 10.0 Å². The summed E-state index contributed by atoms with van der Waals surface area (Å²) in [6.45, 7) is 6.41. The largest absolute Gasteiger partial charge is 0.389 e. The fourth-order valence-electron chi connectivity index (χ4n) is 1.69. The van der Waals surface area contributed by atoms with Crippen molar-refractivity contribution in [3.63, 3.8) is 0 Å². The van der Waals surface area contributed by atoms with Crippen LogP contribution in [0.15, 0.2) is 0 Å². The lowest BCUT2D eigenvalue weighted by molar-refractivity contribution is -0.143. The van der Waals surface area contributed by atoms with Crippen LogP contribution in [-0.2, 0) is 4.79 Å². The predicted octanol–water partition coefficient (Wildman–Crippen LogP) is 1.35. The molecule has 3 nitrogen and oxygen atoms in total. The minimum Gasteiger partial charge on any atom is -0.389 e.